The highest BCUT2D eigenvalue weighted by molar-refractivity contribution is 5.71. The monoisotopic (exact) mass is 550 g/mol. The summed E-state index contributed by atoms with van der Waals surface area (Å²) in [6, 6.07) is 0. The Kier molecular flexibility index (Phi) is 7.95. The molecule has 2 fully saturated rings. The Morgan fingerprint density at radius 1 is 0.897 bits per heavy atom. The van der Waals surface area contributed by atoms with Crippen LogP contribution in [0.15, 0.2) is 22.2 Å². The first kappa shape index (κ1) is 28.1. The summed E-state index contributed by atoms with van der Waals surface area (Å²) >= 11 is 0. The van der Waals surface area contributed by atoms with Crippen LogP contribution in [0.2, 0.25) is 0 Å². The van der Waals surface area contributed by atoms with Gasteiger partial charge in [-0.2, -0.15) is 9.97 Å². The number of aliphatic hydroxyl groups is 3. The van der Waals surface area contributed by atoms with E-state index >= 15 is 0 Å². The number of ether oxygens (including phenoxy) is 2. The van der Waals surface area contributed by atoms with Gasteiger partial charge in [0, 0.05) is 12.8 Å². The van der Waals surface area contributed by atoms with Crippen LogP contribution in [0.4, 0.5) is 11.9 Å². The summed E-state index contributed by atoms with van der Waals surface area (Å²) in [4.78, 5) is 44.1. The zero-order chi connectivity index (χ0) is 27.1. The van der Waals surface area contributed by atoms with E-state index in [4.69, 9.17) is 26.0 Å². The van der Waals surface area contributed by atoms with Gasteiger partial charge in [-0.05, 0) is 6.42 Å². The van der Waals surface area contributed by atoms with Crippen LogP contribution in [-0.2, 0) is 9.47 Å². The van der Waals surface area contributed by atoms with E-state index < -0.39 is 30.1 Å². The zero-order valence-corrected chi connectivity index (χ0v) is 20.8. The summed E-state index contributed by atoms with van der Waals surface area (Å²) in [5.74, 6) is 0.0151. The van der Waals surface area contributed by atoms with E-state index in [0.717, 1.165) is 6.42 Å². The molecule has 6 rings (SSSR count). The van der Waals surface area contributed by atoms with Crippen LogP contribution in [0.1, 0.15) is 38.6 Å². The molecule has 4 aromatic rings. The van der Waals surface area contributed by atoms with E-state index in [-0.39, 0.29) is 65.0 Å². The molecule has 6 atom stereocenters. The molecular formula is C21H30N10O8. The smallest absolute Gasteiger partial charge is 0.280 e. The fourth-order valence-corrected chi connectivity index (χ4v) is 4.61. The highest BCUT2D eigenvalue weighted by Gasteiger charge is 2.36. The standard InChI is InChI=1S/C11H15N5O3.C10H13N5O4.H2O/c1-2-6-5(17)3-7(19-6)16-4-13-8-9(16)14-11(12)15-10(8)18;11-10-13-8-7(9(18)14-10)12-3-15(8)6-1-4(17)5(2-16)19-6;/h4-7,17H,2-3H2,1H3,(H3,12,14,15,18);3-6,16-17H,1-2H2,(H3,11,13,14,18);1H2/t5?,6-,7-;4?,5-,6-;/m11./s1. The summed E-state index contributed by atoms with van der Waals surface area (Å²) < 4.78 is 14.4. The molecule has 4 aromatic heterocycles. The Balaban J connectivity index is 0.000000176. The lowest BCUT2D eigenvalue weighted by molar-refractivity contribution is -0.0432. The van der Waals surface area contributed by atoms with E-state index in [1.807, 2.05) is 6.92 Å². The summed E-state index contributed by atoms with van der Waals surface area (Å²) in [5, 5.41) is 28.6. The number of aliphatic hydroxyl groups excluding tert-OH is 3. The molecule has 0 aliphatic carbocycles. The maximum Gasteiger partial charge on any atom is 0.280 e. The number of hydrogen-bond donors (Lipinski definition) is 7. The molecule has 18 nitrogen and oxygen atoms in total. The lowest BCUT2D eigenvalue weighted by atomic mass is 10.1. The average molecular weight is 551 g/mol. The molecule has 0 radical (unpaired) electrons. The van der Waals surface area contributed by atoms with Crippen molar-refractivity contribution in [1.82, 2.24) is 39.0 Å². The minimum absolute atomic E-state index is 0. The van der Waals surface area contributed by atoms with Gasteiger partial charge < -0.3 is 41.7 Å². The number of imidazole rings is 2. The van der Waals surface area contributed by atoms with E-state index in [2.05, 4.69) is 29.9 Å². The normalized spacial score (nSPS) is 26.5. The molecule has 0 spiro atoms. The number of aromatic amines is 2. The van der Waals surface area contributed by atoms with Crippen LogP contribution < -0.4 is 22.6 Å². The van der Waals surface area contributed by atoms with Crippen molar-refractivity contribution < 1.29 is 30.3 Å². The number of fused-ring (bicyclic) bond motifs is 2. The second kappa shape index (κ2) is 11.0. The number of nitrogens with one attached hydrogen (secondary N) is 2. The van der Waals surface area contributed by atoms with Gasteiger partial charge >= 0.3 is 0 Å². The maximum absolute atomic E-state index is 11.7. The van der Waals surface area contributed by atoms with Crippen LogP contribution in [-0.4, -0.2) is 90.9 Å². The summed E-state index contributed by atoms with van der Waals surface area (Å²) in [6.07, 6.45) is 1.28. The summed E-state index contributed by atoms with van der Waals surface area (Å²) in [5.41, 5.74) is 11.2. The highest BCUT2D eigenvalue weighted by Crippen LogP contribution is 2.32. The van der Waals surface area contributed by atoms with E-state index in [1.165, 1.54) is 17.2 Å². The second-order valence-corrected chi connectivity index (χ2v) is 9.01. The van der Waals surface area contributed by atoms with Gasteiger partial charge in [0.25, 0.3) is 11.1 Å². The second-order valence-electron chi connectivity index (χ2n) is 9.01. The van der Waals surface area contributed by atoms with E-state index in [9.17, 15) is 19.8 Å². The predicted octanol–water partition coefficient (Wildman–Crippen LogP) is -2.72. The van der Waals surface area contributed by atoms with Gasteiger partial charge in [0.05, 0.1) is 37.6 Å². The molecule has 0 bridgehead atoms. The quantitative estimate of drug-likeness (QED) is 0.136. The number of nitrogens with two attached hydrogens (primary N) is 2. The number of aromatic nitrogens is 8. The van der Waals surface area contributed by atoms with Crippen molar-refractivity contribution in [1.29, 1.82) is 0 Å². The van der Waals surface area contributed by atoms with Crippen LogP contribution >= 0.6 is 0 Å². The Bertz CT molecular complexity index is 1450. The molecule has 2 saturated heterocycles. The number of rotatable bonds is 4. The first-order valence-electron chi connectivity index (χ1n) is 11.9. The lowest BCUT2D eigenvalue weighted by Crippen LogP contribution is -2.24. The molecule has 2 unspecified atom stereocenters. The largest absolute Gasteiger partial charge is 0.412 e. The first-order valence-corrected chi connectivity index (χ1v) is 11.9. The Labute approximate surface area is 218 Å². The van der Waals surface area contributed by atoms with Gasteiger partial charge in [-0.25, -0.2) is 9.97 Å². The Morgan fingerprint density at radius 3 is 1.72 bits per heavy atom. The van der Waals surface area contributed by atoms with Crippen molar-refractivity contribution in [3.05, 3.63) is 33.4 Å². The molecular weight excluding hydrogens is 520 g/mol. The SMILES string of the molecule is CC[C@H]1O[C@@H](n2cnc3c(=O)[nH]c(N)nc32)CC1O.Nc1nc2c(ncn2[C@H]2CC(O)[C@@H](CO)O2)c(=O)[nH]1.O. The Morgan fingerprint density at radius 2 is 1.33 bits per heavy atom. The fraction of sp³-hybridized carbons (Fsp3) is 0.524. The van der Waals surface area contributed by atoms with Gasteiger partial charge in [0.1, 0.15) is 18.6 Å². The number of nitrogens with zero attached hydrogens (tertiary/aromatic N) is 6. The third kappa shape index (κ3) is 5.20. The minimum Gasteiger partial charge on any atom is -0.412 e. The van der Waals surface area contributed by atoms with E-state index in [1.54, 1.807) is 4.57 Å². The fourth-order valence-electron chi connectivity index (χ4n) is 4.61. The van der Waals surface area contributed by atoms with Crippen LogP contribution in [0.5, 0.6) is 0 Å². The van der Waals surface area contributed by atoms with Crippen molar-refractivity contribution in [2.45, 2.75) is 63.1 Å². The van der Waals surface area contributed by atoms with Crippen molar-refractivity contribution in [3.8, 4) is 0 Å². The average Bonchev–Trinajstić information content (AvgIpc) is 3.64. The summed E-state index contributed by atoms with van der Waals surface area (Å²) in [6.45, 7) is 1.67. The number of nitrogen functional groups attached to an aromatic ring is 2. The van der Waals surface area contributed by atoms with Gasteiger partial charge in [-0.15, -0.1) is 0 Å². The molecule has 11 N–H and O–H groups in total. The van der Waals surface area contributed by atoms with E-state index in [0.29, 0.717) is 12.1 Å². The molecule has 2 aliphatic heterocycles. The zero-order valence-electron chi connectivity index (χ0n) is 20.8. The van der Waals surface area contributed by atoms with Crippen molar-refractivity contribution in [2.75, 3.05) is 18.1 Å². The topological polar surface area (TPSA) is 290 Å². The third-order valence-electron chi connectivity index (χ3n) is 6.51. The highest BCUT2D eigenvalue weighted by atomic mass is 16.5. The van der Waals surface area contributed by atoms with Crippen LogP contribution in [0.25, 0.3) is 22.3 Å². The molecule has 18 heteroatoms. The number of anilines is 2. The van der Waals surface area contributed by atoms with Crippen LogP contribution in [0.3, 0.4) is 0 Å². The predicted molar refractivity (Wildman–Crippen MR) is 135 cm³/mol. The van der Waals surface area contributed by atoms with Crippen molar-refractivity contribution >= 4 is 34.2 Å². The molecule has 212 valence electrons. The van der Waals surface area contributed by atoms with Crippen molar-refractivity contribution in [2.24, 2.45) is 0 Å². The minimum atomic E-state index is -0.771. The van der Waals surface area contributed by atoms with Gasteiger partial charge in [0.2, 0.25) is 11.9 Å². The lowest BCUT2D eigenvalue weighted by Gasteiger charge is -2.13. The molecule has 0 aromatic carbocycles. The molecule has 2 aliphatic rings. The third-order valence-corrected chi connectivity index (χ3v) is 6.51. The first-order chi connectivity index (χ1) is 18.2. The van der Waals surface area contributed by atoms with Crippen molar-refractivity contribution in [3.63, 3.8) is 0 Å². The number of hydrogen-bond acceptors (Lipinski definition) is 13. The summed E-state index contributed by atoms with van der Waals surface area (Å²) in [7, 11) is 0. The molecule has 0 amide bonds. The number of H-pyrrole nitrogens is 2. The van der Waals surface area contributed by atoms with Gasteiger partial charge in [-0.3, -0.25) is 28.7 Å². The molecule has 6 heterocycles. The van der Waals surface area contributed by atoms with Crippen LogP contribution in [0, 0.1) is 0 Å². The van der Waals surface area contributed by atoms with Gasteiger partial charge in [-0.1, -0.05) is 6.92 Å². The maximum atomic E-state index is 11.7. The Hall–Kier alpha value is -3.94. The van der Waals surface area contributed by atoms with Gasteiger partial charge in [0.15, 0.2) is 22.3 Å². The molecule has 39 heavy (non-hydrogen) atoms. The molecule has 0 saturated carbocycles.